The monoisotopic (exact) mass is 268 g/mol. The normalized spacial score (nSPS) is 11.9. The molecule has 100 valence electrons. The molecule has 0 saturated carbocycles. The Kier molecular flexibility index (Phi) is 6.60. The van der Waals surface area contributed by atoms with Crippen LogP contribution in [0.3, 0.4) is 0 Å². The highest BCUT2D eigenvalue weighted by atomic mass is 32.2. The van der Waals surface area contributed by atoms with Gasteiger partial charge in [-0.1, -0.05) is 18.2 Å². The van der Waals surface area contributed by atoms with E-state index in [2.05, 4.69) is 5.32 Å². The minimum Gasteiger partial charge on any atom is -0.394 e. The zero-order valence-corrected chi connectivity index (χ0v) is 11.6. The van der Waals surface area contributed by atoms with Crippen LogP contribution in [-0.4, -0.2) is 48.0 Å². The van der Waals surface area contributed by atoms with Crippen LogP contribution in [0.15, 0.2) is 35.2 Å². The van der Waals surface area contributed by atoms with E-state index in [1.807, 2.05) is 30.3 Å². The summed E-state index contributed by atoms with van der Waals surface area (Å²) in [5.41, 5.74) is 0. The van der Waals surface area contributed by atoms with Crippen molar-refractivity contribution in [3.63, 3.8) is 0 Å². The Bertz CT molecular complexity index is 359. The first kappa shape index (κ1) is 14.9. The predicted molar refractivity (Wildman–Crippen MR) is 74.9 cm³/mol. The third-order valence-electron chi connectivity index (χ3n) is 2.64. The highest BCUT2D eigenvalue weighted by Gasteiger charge is 2.13. The van der Waals surface area contributed by atoms with Crippen LogP contribution >= 0.6 is 11.8 Å². The standard InChI is InChI=1S/C13H20N2O2S/c1-11(10-16)15(2)13(17)14-8-9-18-12-6-4-3-5-7-12/h3-7,11,16H,8-10H2,1-2H3,(H,14,17). The van der Waals surface area contributed by atoms with Crippen LogP contribution in [0.1, 0.15) is 6.92 Å². The summed E-state index contributed by atoms with van der Waals surface area (Å²) >= 11 is 1.71. The number of nitrogens with zero attached hydrogens (tertiary/aromatic N) is 1. The first-order valence-corrected chi connectivity index (χ1v) is 6.93. The lowest BCUT2D eigenvalue weighted by molar-refractivity contribution is 0.158. The fourth-order valence-electron chi connectivity index (χ4n) is 1.29. The van der Waals surface area contributed by atoms with Gasteiger partial charge in [0.2, 0.25) is 0 Å². The molecule has 1 unspecified atom stereocenters. The van der Waals surface area contributed by atoms with E-state index < -0.39 is 0 Å². The average Bonchev–Trinajstić information content (AvgIpc) is 2.42. The molecule has 1 aromatic rings. The number of thioether (sulfide) groups is 1. The maximum Gasteiger partial charge on any atom is 0.317 e. The van der Waals surface area contributed by atoms with Crippen molar-refractivity contribution in [2.45, 2.75) is 17.9 Å². The molecule has 2 N–H and O–H groups in total. The Hall–Kier alpha value is -1.20. The van der Waals surface area contributed by atoms with Gasteiger partial charge in [0.25, 0.3) is 0 Å². The van der Waals surface area contributed by atoms with Gasteiger partial charge in [-0.3, -0.25) is 0 Å². The number of carbonyl (C=O) groups excluding carboxylic acids is 1. The van der Waals surface area contributed by atoms with Gasteiger partial charge in [0.15, 0.2) is 0 Å². The van der Waals surface area contributed by atoms with Crippen LogP contribution in [0.25, 0.3) is 0 Å². The van der Waals surface area contributed by atoms with Crippen LogP contribution in [-0.2, 0) is 0 Å². The molecule has 0 spiro atoms. The molecular formula is C13H20N2O2S. The van der Waals surface area contributed by atoms with Crippen molar-refractivity contribution in [2.24, 2.45) is 0 Å². The third kappa shape index (κ3) is 4.98. The molecule has 0 aliphatic heterocycles. The number of aliphatic hydroxyl groups is 1. The number of amides is 2. The maximum absolute atomic E-state index is 11.6. The van der Waals surface area contributed by atoms with Gasteiger partial charge in [0, 0.05) is 24.2 Å². The Balaban J connectivity index is 2.20. The lowest BCUT2D eigenvalue weighted by Crippen LogP contribution is -2.44. The Labute approximate surface area is 112 Å². The molecule has 0 aliphatic rings. The molecule has 18 heavy (non-hydrogen) atoms. The molecule has 0 aromatic heterocycles. The summed E-state index contributed by atoms with van der Waals surface area (Å²) in [4.78, 5) is 14.4. The van der Waals surface area contributed by atoms with Crippen molar-refractivity contribution in [1.29, 1.82) is 0 Å². The molecule has 0 saturated heterocycles. The second-order valence-corrected chi connectivity index (χ2v) is 5.20. The summed E-state index contributed by atoms with van der Waals surface area (Å²) < 4.78 is 0. The van der Waals surface area contributed by atoms with E-state index >= 15 is 0 Å². The number of urea groups is 1. The number of carbonyl (C=O) groups is 1. The largest absolute Gasteiger partial charge is 0.394 e. The van der Waals surface area contributed by atoms with Gasteiger partial charge in [-0.2, -0.15) is 0 Å². The average molecular weight is 268 g/mol. The predicted octanol–water partition coefficient (Wildman–Crippen LogP) is 1.80. The van der Waals surface area contributed by atoms with E-state index in [-0.39, 0.29) is 18.7 Å². The summed E-state index contributed by atoms with van der Waals surface area (Å²) in [6, 6.07) is 9.77. The quantitative estimate of drug-likeness (QED) is 0.611. The summed E-state index contributed by atoms with van der Waals surface area (Å²) in [5.74, 6) is 0.830. The van der Waals surface area contributed by atoms with Gasteiger partial charge >= 0.3 is 6.03 Å². The third-order valence-corrected chi connectivity index (χ3v) is 3.65. The molecular weight excluding hydrogens is 248 g/mol. The van der Waals surface area contributed by atoms with Crippen LogP contribution in [0.4, 0.5) is 4.79 Å². The van der Waals surface area contributed by atoms with Gasteiger partial charge < -0.3 is 15.3 Å². The van der Waals surface area contributed by atoms with E-state index in [9.17, 15) is 4.79 Å². The highest BCUT2D eigenvalue weighted by Crippen LogP contribution is 2.15. The maximum atomic E-state index is 11.6. The summed E-state index contributed by atoms with van der Waals surface area (Å²) in [6.07, 6.45) is 0. The first-order valence-electron chi connectivity index (χ1n) is 5.94. The number of benzene rings is 1. The van der Waals surface area contributed by atoms with Crippen LogP contribution in [0.2, 0.25) is 0 Å². The van der Waals surface area contributed by atoms with Gasteiger partial charge in [-0.25, -0.2) is 4.79 Å². The zero-order valence-electron chi connectivity index (χ0n) is 10.8. The molecule has 2 amide bonds. The smallest absolute Gasteiger partial charge is 0.317 e. The second-order valence-electron chi connectivity index (χ2n) is 4.04. The molecule has 1 atom stereocenters. The van der Waals surface area contributed by atoms with E-state index in [1.165, 1.54) is 9.80 Å². The Morgan fingerprint density at radius 1 is 1.44 bits per heavy atom. The van der Waals surface area contributed by atoms with E-state index in [0.29, 0.717) is 6.54 Å². The Morgan fingerprint density at radius 2 is 2.11 bits per heavy atom. The topological polar surface area (TPSA) is 52.6 Å². The minimum atomic E-state index is -0.160. The van der Waals surface area contributed by atoms with Crippen molar-refractivity contribution < 1.29 is 9.90 Å². The van der Waals surface area contributed by atoms with Gasteiger partial charge in [0.05, 0.1) is 12.6 Å². The number of hydrogen-bond donors (Lipinski definition) is 2. The van der Waals surface area contributed by atoms with Gasteiger partial charge in [0.1, 0.15) is 0 Å². The molecule has 1 aromatic carbocycles. The minimum absolute atomic E-state index is 0.0251. The number of nitrogens with one attached hydrogen (secondary N) is 1. The van der Waals surface area contributed by atoms with Crippen LogP contribution < -0.4 is 5.32 Å². The summed E-state index contributed by atoms with van der Waals surface area (Å²) in [7, 11) is 1.68. The molecule has 5 heteroatoms. The van der Waals surface area contributed by atoms with Crippen molar-refractivity contribution in [3.05, 3.63) is 30.3 Å². The second kappa shape index (κ2) is 8.00. The van der Waals surface area contributed by atoms with Crippen LogP contribution in [0, 0.1) is 0 Å². The summed E-state index contributed by atoms with van der Waals surface area (Å²) in [5, 5.41) is 11.8. The Morgan fingerprint density at radius 3 is 2.72 bits per heavy atom. The highest BCUT2D eigenvalue weighted by molar-refractivity contribution is 7.99. The fourth-order valence-corrected chi connectivity index (χ4v) is 2.08. The molecule has 0 aliphatic carbocycles. The van der Waals surface area contributed by atoms with E-state index in [4.69, 9.17) is 5.11 Å². The first-order chi connectivity index (χ1) is 8.65. The van der Waals surface area contributed by atoms with E-state index in [1.54, 1.807) is 25.7 Å². The van der Waals surface area contributed by atoms with Gasteiger partial charge in [-0.15, -0.1) is 11.8 Å². The molecule has 0 heterocycles. The molecule has 0 fully saturated rings. The summed E-state index contributed by atoms with van der Waals surface area (Å²) in [6.45, 7) is 2.39. The lowest BCUT2D eigenvalue weighted by atomic mass is 10.3. The number of likely N-dealkylation sites (N-methyl/N-ethyl adjacent to an activating group) is 1. The van der Waals surface area contributed by atoms with Crippen molar-refractivity contribution in [1.82, 2.24) is 10.2 Å². The van der Waals surface area contributed by atoms with Crippen molar-refractivity contribution in [2.75, 3.05) is 26.0 Å². The van der Waals surface area contributed by atoms with Crippen molar-refractivity contribution >= 4 is 17.8 Å². The number of rotatable bonds is 6. The molecule has 1 rings (SSSR count). The van der Waals surface area contributed by atoms with Crippen LogP contribution in [0.5, 0.6) is 0 Å². The zero-order chi connectivity index (χ0) is 13.4. The number of hydrogen-bond acceptors (Lipinski definition) is 3. The van der Waals surface area contributed by atoms with Crippen molar-refractivity contribution in [3.8, 4) is 0 Å². The lowest BCUT2D eigenvalue weighted by Gasteiger charge is -2.23. The van der Waals surface area contributed by atoms with Gasteiger partial charge in [-0.05, 0) is 19.1 Å². The SMILES string of the molecule is CC(CO)N(C)C(=O)NCCSc1ccccc1. The fraction of sp³-hybridized carbons (Fsp3) is 0.462. The molecule has 0 bridgehead atoms. The molecule has 0 radical (unpaired) electrons. The molecule has 4 nitrogen and oxygen atoms in total. The van der Waals surface area contributed by atoms with E-state index in [0.717, 1.165) is 5.75 Å². The number of aliphatic hydroxyl groups excluding tert-OH is 1.